The number of hydrazine groups is 1. The zero-order chi connectivity index (χ0) is 15.2. The van der Waals surface area contributed by atoms with Crippen LogP contribution >= 0.6 is 0 Å². The van der Waals surface area contributed by atoms with Crippen molar-refractivity contribution in [1.29, 1.82) is 0 Å². The van der Waals surface area contributed by atoms with E-state index in [-0.39, 0.29) is 11.5 Å². The maximum Gasteiger partial charge on any atom is 0.311 e. The van der Waals surface area contributed by atoms with Crippen LogP contribution in [0.3, 0.4) is 0 Å². The minimum absolute atomic E-state index is 0.108. The number of nitrogen functional groups attached to an aromatic ring is 1. The highest BCUT2D eigenvalue weighted by Crippen LogP contribution is 2.24. The SMILES string of the molecule is CCc1cccnc1CNc1nc(NN)ccc1[N+](=O)[O-]. The summed E-state index contributed by atoms with van der Waals surface area (Å²) in [4.78, 5) is 18.9. The molecular formula is C13H16N6O2. The summed E-state index contributed by atoms with van der Waals surface area (Å²) >= 11 is 0. The molecule has 0 aliphatic heterocycles. The smallest absolute Gasteiger partial charge is 0.311 e. The Hall–Kier alpha value is -2.74. The third-order valence-electron chi connectivity index (χ3n) is 3.01. The fraction of sp³-hybridized carbons (Fsp3) is 0.231. The van der Waals surface area contributed by atoms with E-state index in [1.54, 1.807) is 6.20 Å². The van der Waals surface area contributed by atoms with E-state index in [9.17, 15) is 10.1 Å². The van der Waals surface area contributed by atoms with E-state index in [0.717, 1.165) is 17.7 Å². The van der Waals surface area contributed by atoms with Crippen LogP contribution in [-0.2, 0) is 13.0 Å². The van der Waals surface area contributed by atoms with Gasteiger partial charge in [0.1, 0.15) is 5.82 Å². The van der Waals surface area contributed by atoms with Crippen molar-refractivity contribution in [2.24, 2.45) is 5.84 Å². The normalized spacial score (nSPS) is 10.2. The molecule has 2 aromatic heterocycles. The maximum absolute atomic E-state index is 11.0. The fourth-order valence-corrected chi connectivity index (χ4v) is 1.93. The highest BCUT2D eigenvalue weighted by atomic mass is 16.6. The average Bonchev–Trinajstić information content (AvgIpc) is 2.52. The predicted molar refractivity (Wildman–Crippen MR) is 79.6 cm³/mol. The molecule has 2 aromatic rings. The van der Waals surface area contributed by atoms with Crippen LogP contribution in [0.1, 0.15) is 18.2 Å². The molecule has 0 unspecified atom stereocenters. The first-order valence-electron chi connectivity index (χ1n) is 6.44. The minimum atomic E-state index is -0.491. The van der Waals surface area contributed by atoms with Crippen LogP contribution in [0.15, 0.2) is 30.5 Å². The number of nitrogens with one attached hydrogen (secondary N) is 2. The van der Waals surface area contributed by atoms with Crippen molar-refractivity contribution in [2.45, 2.75) is 19.9 Å². The Balaban J connectivity index is 2.24. The summed E-state index contributed by atoms with van der Waals surface area (Å²) in [5, 5.41) is 14.0. The molecule has 110 valence electrons. The predicted octanol–water partition coefficient (Wildman–Crippen LogP) is 1.84. The van der Waals surface area contributed by atoms with E-state index in [1.807, 2.05) is 19.1 Å². The molecule has 0 fully saturated rings. The first kappa shape index (κ1) is 14.7. The summed E-state index contributed by atoms with van der Waals surface area (Å²) in [5.74, 6) is 5.78. The first-order valence-corrected chi connectivity index (χ1v) is 6.44. The summed E-state index contributed by atoms with van der Waals surface area (Å²) in [6.45, 7) is 2.38. The van der Waals surface area contributed by atoms with Gasteiger partial charge in [-0.15, -0.1) is 0 Å². The second-order valence-electron chi connectivity index (χ2n) is 4.28. The number of pyridine rings is 2. The number of rotatable bonds is 6. The van der Waals surface area contributed by atoms with Crippen molar-refractivity contribution < 1.29 is 4.92 Å². The van der Waals surface area contributed by atoms with E-state index in [1.165, 1.54) is 12.1 Å². The lowest BCUT2D eigenvalue weighted by molar-refractivity contribution is -0.384. The van der Waals surface area contributed by atoms with Gasteiger partial charge in [-0.1, -0.05) is 13.0 Å². The first-order chi connectivity index (χ1) is 10.2. The topological polar surface area (TPSA) is 119 Å². The standard InChI is InChI=1S/C13H16N6O2/c1-2-9-4-3-7-15-10(9)8-16-13-11(19(20)21)5-6-12(17-13)18-14/h3-7H,2,8,14H2,1H3,(H2,16,17,18). The molecule has 0 saturated carbocycles. The van der Waals surface area contributed by atoms with Gasteiger partial charge in [-0.3, -0.25) is 15.1 Å². The summed E-state index contributed by atoms with van der Waals surface area (Å²) in [7, 11) is 0. The third-order valence-corrected chi connectivity index (χ3v) is 3.01. The number of hydrogen-bond donors (Lipinski definition) is 3. The maximum atomic E-state index is 11.0. The van der Waals surface area contributed by atoms with Crippen LogP contribution in [0.4, 0.5) is 17.3 Å². The Morgan fingerprint density at radius 2 is 2.19 bits per heavy atom. The Labute approximate surface area is 121 Å². The molecule has 4 N–H and O–H groups in total. The van der Waals surface area contributed by atoms with Gasteiger partial charge in [0.05, 0.1) is 17.2 Å². The summed E-state index contributed by atoms with van der Waals surface area (Å²) in [6, 6.07) is 6.64. The van der Waals surface area contributed by atoms with E-state index in [4.69, 9.17) is 5.84 Å². The number of aromatic nitrogens is 2. The van der Waals surface area contributed by atoms with Crippen molar-refractivity contribution in [3.63, 3.8) is 0 Å². The van der Waals surface area contributed by atoms with Crippen molar-refractivity contribution in [3.8, 4) is 0 Å². The number of anilines is 2. The van der Waals surface area contributed by atoms with E-state index < -0.39 is 4.92 Å². The Morgan fingerprint density at radius 1 is 1.38 bits per heavy atom. The molecule has 2 heterocycles. The summed E-state index contributed by atoms with van der Waals surface area (Å²) in [6.07, 6.45) is 2.53. The van der Waals surface area contributed by atoms with Gasteiger partial charge in [-0.25, -0.2) is 10.8 Å². The van der Waals surface area contributed by atoms with Gasteiger partial charge in [0.15, 0.2) is 0 Å². The molecule has 0 aliphatic rings. The van der Waals surface area contributed by atoms with Crippen LogP contribution in [-0.4, -0.2) is 14.9 Å². The molecule has 0 atom stereocenters. The van der Waals surface area contributed by atoms with E-state index in [2.05, 4.69) is 20.7 Å². The van der Waals surface area contributed by atoms with Gasteiger partial charge in [0.2, 0.25) is 5.82 Å². The third kappa shape index (κ3) is 3.42. The molecule has 0 aromatic carbocycles. The zero-order valence-electron chi connectivity index (χ0n) is 11.5. The molecule has 21 heavy (non-hydrogen) atoms. The Kier molecular flexibility index (Phi) is 4.62. The number of aryl methyl sites for hydroxylation is 1. The van der Waals surface area contributed by atoms with Crippen LogP contribution < -0.4 is 16.6 Å². The average molecular weight is 288 g/mol. The lowest BCUT2D eigenvalue weighted by Gasteiger charge is -2.10. The Bertz CT molecular complexity index is 646. The van der Waals surface area contributed by atoms with Gasteiger partial charge in [0, 0.05) is 12.3 Å². The molecule has 0 amide bonds. The van der Waals surface area contributed by atoms with E-state index >= 15 is 0 Å². The van der Waals surface area contributed by atoms with Crippen LogP contribution in [0, 0.1) is 10.1 Å². The van der Waals surface area contributed by atoms with Gasteiger partial charge < -0.3 is 10.7 Å². The van der Waals surface area contributed by atoms with Gasteiger partial charge >= 0.3 is 5.69 Å². The van der Waals surface area contributed by atoms with Crippen molar-refractivity contribution in [1.82, 2.24) is 9.97 Å². The summed E-state index contributed by atoms with van der Waals surface area (Å²) in [5.41, 5.74) is 4.18. The minimum Gasteiger partial charge on any atom is -0.359 e. The quantitative estimate of drug-likeness (QED) is 0.421. The number of nitrogens with zero attached hydrogens (tertiary/aromatic N) is 3. The number of nitrogens with two attached hydrogens (primary N) is 1. The van der Waals surface area contributed by atoms with Crippen LogP contribution in [0.2, 0.25) is 0 Å². The molecule has 0 saturated heterocycles. The summed E-state index contributed by atoms with van der Waals surface area (Å²) < 4.78 is 0. The second kappa shape index (κ2) is 6.62. The highest BCUT2D eigenvalue weighted by Gasteiger charge is 2.16. The lowest BCUT2D eigenvalue weighted by Crippen LogP contribution is -2.12. The van der Waals surface area contributed by atoms with Crippen molar-refractivity contribution in [3.05, 3.63) is 51.8 Å². The monoisotopic (exact) mass is 288 g/mol. The lowest BCUT2D eigenvalue weighted by atomic mass is 10.1. The van der Waals surface area contributed by atoms with Gasteiger partial charge in [-0.2, -0.15) is 0 Å². The second-order valence-corrected chi connectivity index (χ2v) is 4.28. The fourth-order valence-electron chi connectivity index (χ4n) is 1.93. The van der Waals surface area contributed by atoms with E-state index in [0.29, 0.717) is 12.4 Å². The number of hydrogen-bond acceptors (Lipinski definition) is 7. The van der Waals surface area contributed by atoms with Gasteiger partial charge in [0.25, 0.3) is 0 Å². The van der Waals surface area contributed by atoms with Crippen LogP contribution in [0.5, 0.6) is 0 Å². The van der Waals surface area contributed by atoms with Crippen molar-refractivity contribution >= 4 is 17.3 Å². The molecule has 0 radical (unpaired) electrons. The van der Waals surface area contributed by atoms with Crippen LogP contribution in [0.25, 0.3) is 0 Å². The zero-order valence-corrected chi connectivity index (χ0v) is 11.5. The molecule has 0 aliphatic carbocycles. The Morgan fingerprint density at radius 3 is 2.86 bits per heavy atom. The van der Waals surface area contributed by atoms with Gasteiger partial charge in [-0.05, 0) is 24.1 Å². The molecule has 0 spiro atoms. The molecular weight excluding hydrogens is 272 g/mol. The molecule has 0 bridgehead atoms. The molecule has 2 rings (SSSR count). The molecule has 8 nitrogen and oxygen atoms in total. The largest absolute Gasteiger partial charge is 0.359 e. The highest BCUT2D eigenvalue weighted by molar-refractivity contribution is 5.60. The number of nitro groups is 1. The molecule has 8 heteroatoms. The van der Waals surface area contributed by atoms with Crippen molar-refractivity contribution in [2.75, 3.05) is 10.7 Å².